The number of nitrogens with one attached hydrogen (secondary N) is 4. The minimum atomic E-state index is -3.86. The number of hydrogen-bond acceptors (Lipinski definition) is 9. The molecule has 6 aliphatic rings. The van der Waals surface area contributed by atoms with Crippen molar-refractivity contribution in [1.82, 2.24) is 28.0 Å². The van der Waals surface area contributed by atoms with E-state index in [1.807, 2.05) is 48.5 Å². The summed E-state index contributed by atoms with van der Waals surface area (Å²) in [4.78, 5) is 0.613. The van der Waals surface area contributed by atoms with Crippen LogP contribution in [0.5, 0.6) is 0 Å². The summed E-state index contributed by atoms with van der Waals surface area (Å²) in [6.07, 6.45) is 19.2. The Morgan fingerprint density at radius 3 is 0.854 bits per heavy atom. The molecule has 0 saturated carbocycles. The van der Waals surface area contributed by atoms with Gasteiger partial charge in [0.15, 0.2) is 0 Å². The number of sulfonamides is 4. The molecule has 4 aromatic carbocycles. The summed E-state index contributed by atoms with van der Waals surface area (Å²) in [7, 11) is -15.5. The fraction of sp³-hybridized carbons (Fsp3) is 0.413. The van der Waals surface area contributed by atoms with Crippen LogP contribution in [-0.2, 0) is 46.0 Å². The van der Waals surface area contributed by atoms with Crippen molar-refractivity contribution in [1.29, 1.82) is 0 Å². The van der Waals surface area contributed by atoms with Crippen molar-refractivity contribution >= 4 is 73.8 Å². The van der Waals surface area contributed by atoms with Crippen molar-refractivity contribution in [3.8, 4) is 0 Å². The van der Waals surface area contributed by atoms with Crippen LogP contribution >= 0.6 is 0 Å². The van der Waals surface area contributed by atoms with Crippen LogP contribution in [0.4, 0.5) is 0 Å². The molecule has 0 radical (unpaired) electrons. The van der Waals surface area contributed by atoms with E-state index in [1.54, 1.807) is 55.5 Å². The Balaban J connectivity index is 0.00000306. The standard InChI is InChI=1S/C73H88N8O8S4.C2H6O/c1-9-49(10-2)41-45-74-90(82,83)57-25-17-53(18-26-57)69-61-33-35-63-70(54-19-27-58(28-20-54)91(84,85)75-46-42-50(11-3)12-4)65-37-39-67-72(56-23-31-60(32-24-56)93(88,89)77-48-44-52(15-7)16-8)68-40-38-66-71(64-36-34-62(69)79(64)73(78(61)63,80(65)67)81(66)68)55-21-29-59(30-22-55)92(86,87)76-47-43-51(13-5)14-6;1-2-3/h17-40,49-52,74-77H,9-16,41-48H2,1-8H3;3H,2H2,1H3/q+2;. The third kappa shape index (κ3) is 12.7. The Morgan fingerprint density at radius 2 is 0.604 bits per heavy atom. The van der Waals surface area contributed by atoms with Crippen LogP contribution in [0.1, 0.15) is 173 Å². The highest BCUT2D eigenvalue weighted by Crippen LogP contribution is 2.53. The molecule has 8 heterocycles. The third-order valence-electron chi connectivity index (χ3n) is 20.6. The van der Waals surface area contributed by atoms with E-state index in [0.29, 0.717) is 49.9 Å². The Hall–Kier alpha value is -6.92. The molecule has 0 bridgehead atoms. The highest BCUT2D eigenvalue weighted by Gasteiger charge is 2.73. The number of rotatable bonds is 32. The molecule has 0 saturated heterocycles. The van der Waals surface area contributed by atoms with Crippen molar-refractivity contribution in [3.05, 3.63) is 201 Å². The van der Waals surface area contributed by atoms with Gasteiger partial charge in [0.2, 0.25) is 62.9 Å². The predicted molar refractivity (Wildman–Crippen MR) is 381 cm³/mol. The molecule has 5 N–H and O–H groups in total. The van der Waals surface area contributed by atoms with E-state index in [1.165, 1.54) is 0 Å². The molecule has 12 rings (SSSR count). The molecule has 6 aromatic rings. The first-order valence-electron chi connectivity index (χ1n) is 34.6. The molecule has 6 aliphatic heterocycles. The second kappa shape index (κ2) is 28.9. The fourth-order valence-corrected chi connectivity index (χ4v) is 19.0. The first kappa shape index (κ1) is 70.4. The minimum absolute atomic E-state index is 0.153. The molecular weight excluding hydrogens is 1290 g/mol. The Labute approximate surface area is 568 Å². The quantitative estimate of drug-likeness (QED) is 0.0253. The predicted octanol–water partition coefficient (Wildman–Crippen LogP) is 10.8. The molecule has 510 valence electrons. The van der Waals surface area contributed by atoms with E-state index in [-0.39, 0.29) is 26.2 Å². The molecular formula is C75H94N8O9S4+2. The molecule has 2 aromatic heterocycles. The van der Waals surface area contributed by atoms with Crippen molar-refractivity contribution in [2.75, 3.05) is 32.8 Å². The van der Waals surface area contributed by atoms with E-state index >= 15 is 0 Å². The van der Waals surface area contributed by atoms with E-state index in [0.717, 1.165) is 166 Å². The van der Waals surface area contributed by atoms with Gasteiger partial charge in [0.1, 0.15) is 0 Å². The van der Waals surface area contributed by atoms with E-state index in [2.05, 4.69) is 141 Å². The van der Waals surface area contributed by atoms with Crippen LogP contribution in [-0.4, -0.2) is 101 Å². The van der Waals surface area contributed by atoms with E-state index in [9.17, 15) is 33.7 Å². The number of benzene rings is 4. The summed E-state index contributed by atoms with van der Waals surface area (Å²) in [5.41, 5.74) is 11.4. The summed E-state index contributed by atoms with van der Waals surface area (Å²) in [6, 6.07) is 36.8. The molecule has 17 nitrogen and oxygen atoms in total. The lowest BCUT2D eigenvalue weighted by molar-refractivity contribution is -0.834. The van der Waals surface area contributed by atoms with Gasteiger partial charge in [-0.2, -0.15) is 9.13 Å². The second-order valence-electron chi connectivity index (χ2n) is 25.7. The van der Waals surface area contributed by atoms with E-state index in [4.69, 9.17) is 5.11 Å². The van der Waals surface area contributed by atoms with Crippen LogP contribution in [0.2, 0.25) is 0 Å². The van der Waals surface area contributed by atoms with Crippen molar-refractivity contribution < 1.29 is 47.9 Å². The highest BCUT2D eigenvalue weighted by molar-refractivity contribution is 7.90. The Bertz CT molecular complexity index is 4440. The SMILES string of the molecule is CCC(CC)CCNS(=O)(=O)c1ccc(C2=C3C=CC4=[N+]3C35n6c2ccc6C(c2ccc(S(=O)(=O)NCCC(CC)CC)cc2)=C2C=CC(=[N+]23)C(c2ccc(S(=O)(=O)NCCC(CC)CC)cc2)=c2ccc(n25)=C4c2ccc(S(=O)(=O)NCCC(CC)CC)cc2)cc1.CCO. The van der Waals surface area contributed by atoms with Crippen LogP contribution in [0.15, 0.2) is 177 Å². The minimum Gasteiger partial charge on any atom is -0.397 e. The smallest absolute Gasteiger partial charge is 0.397 e. The van der Waals surface area contributed by atoms with Crippen molar-refractivity contribution in [2.24, 2.45) is 23.7 Å². The van der Waals surface area contributed by atoms with Crippen molar-refractivity contribution in [3.63, 3.8) is 0 Å². The van der Waals surface area contributed by atoms with Gasteiger partial charge in [-0.25, -0.2) is 52.6 Å². The van der Waals surface area contributed by atoms with Gasteiger partial charge >= 0.3 is 5.91 Å². The maximum absolute atomic E-state index is 14.0. The zero-order chi connectivity index (χ0) is 68.5. The van der Waals surface area contributed by atoms with E-state index < -0.39 is 46.0 Å². The second-order valence-corrected chi connectivity index (χ2v) is 32.8. The number of nitrogens with zero attached hydrogens (tertiary/aromatic N) is 4. The van der Waals surface area contributed by atoms with Gasteiger partial charge in [-0.05, 0) is 151 Å². The van der Waals surface area contributed by atoms with Gasteiger partial charge in [0.05, 0.1) is 64.0 Å². The topological polar surface area (TPSA) is 221 Å². The van der Waals surface area contributed by atoms with Crippen LogP contribution in [0, 0.1) is 23.7 Å². The van der Waals surface area contributed by atoms with Gasteiger partial charge in [-0.3, -0.25) is 0 Å². The third-order valence-corrected chi connectivity index (χ3v) is 26.5. The lowest BCUT2D eigenvalue weighted by Gasteiger charge is -2.41. The molecule has 0 amide bonds. The van der Waals surface area contributed by atoms with Crippen molar-refractivity contribution in [2.45, 2.75) is 165 Å². The summed E-state index contributed by atoms with van der Waals surface area (Å²) < 4.78 is 133. The first-order valence-corrected chi connectivity index (χ1v) is 40.5. The Kier molecular flexibility index (Phi) is 21.2. The lowest BCUT2D eigenvalue weighted by Crippen LogP contribution is -2.71. The number of hydrogen-bond donors (Lipinski definition) is 5. The first-order chi connectivity index (χ1) is 46.2. The van der Waals surface area contributed by atoms with Gasteiger partial charge in [-0.1, -0.05) is 164 Å². The van der Waals surface area contributed by atoms with Gasteiger partial charge in [0.25, 0.3) is 0 Å². The number of aliphatic hydroxyl groups excluding tert-OH is 1. The number of aromatic nitrogens is 2. The summed E-state index contributed by atoms with van der Waals surface area (Å²) in [5.74, 6) is 0.374. The molecule has 96 heavy (non-hydrogen) atoms. The van der Waals surface area contributed by atoms with Gasteiger partial charge < -0.3 is 5.11 Å². The number of aliphatic hydroxyl groups is 1. The van der Waals surface area contributed by atoms with Crippen LogP contribution in [0.3, 0.4) is 0 Å². The molecule has 21 heteroatoms. The maximum atomic E-state index is 14.0. The number of allylic oxidation sites excluding steroid dienone is 4. The molecule has 0 aliphatic carbocycles. The molecule has 0 fully saturated rings. The highest BCUT2D eigenvalue weighted by atomic mass is 32.2. The van der Waals surface area contributed by atoms with Crippen LogP contribution < -0.4 is 29.6 Å². The molecule has 0 atom stereocenters. The zero-order valence-corrected chi connectivity index (χ0v) is 60.1. The summed E-state index contributed by atoms with van der Waals surface area (Å²) in [5, 5.41) is 9.24. The Morgan fingerprint density at radius 1 is 0.354 bits per heavy atom. The van der Waals surface area contributed by atoms with Gasteiger partial charge in [0, 0.05) is 57.1 Å². The molecule has 0 unspecified atom stereocenters. The summed E-state index contributed by atoms with van der Waals surface area (Å²) in [6.45, 7) is 20.3. The van der Waals surface area contributed by atoms with Gasteiger partial charge in [-0.15, -0.1) is 0 Å². The zero-order valence-electron chi connectivity index (χ0n) is 56.8. The fourth-order valence-electron chi connectivity index (χ4n) is 14.8. The van der Waals surface area contributed by atoms with Crippen LogP contribution in [0.25, 0.3) is 22.3 Å². The normalized spacial score (nSPS) is 15.9. The maximum Gasteiger partial charge on any atom is 0.553 e. The molecule has 1 spiro atoms. The monoisotopic (exact) mass is 1380 g/mol. The summed E-state index contributed by atoms with van der Waals surface area (Å²) >= 11 is 0. The lowest BCUT2D eigenvalue weighted by atomic mass is 9.93. The largest absolute Gasteiger partial charge is 0.553 e. The average molecular weight is 1380 g/mol. The average Bonchev–Trinajstić information content (AvgIpc) is 1.40.